The molecule has 0 bridgehead atoms. The Morgan fingerprint density at radius 1 is 1.00 bits per heavy atom. The van der Waals surface area contributed by atoms with E-state index in [-0.39, 0.29) is 34.5 Å². The number of hydrogen-bond donors (Lipinski definition) is 0. The SMILES string of the molecule is CCC(C)C(=O)OCCCCCCCCOc1cc2oc(=O)c(-c3ccc(S(=O)(=O)C(F)(F)F)cc3)cc2cn1. The van der Waals surface area contributed by atoms with Gasteiger partial charge in [0.2, 0.25) is 5.88 Å². The number of carbonyl (C=O) groups is 1. The number of benzene rings is 1. The molecule has 218 valence electrons. The number of esters is 1. The highest BCUT2D eigenvalue weighted by molar-refractivity contribution is 7.92. The smallest absolute Gasteiger partial charge is 0.478 e. The Morgan fingerprint density at radius 2 is 1.62 bits per heavy atom. The highest BCUT2D eigenvalue weighted by Crippen LogP contribution is 2.31. The molecule has 1 unspecified atom stereocenters. The lowest BCUT2D eigenvalue weighted by molar-refractivity contribution is -0.148. The number of aromatic nitrogens is 1. The molecule has 1 aromatic carbocycles. The maximum absolute atomic E-state index is 12.8. The Bertz CT molecular complexity index is 1450. The minimum absolute atomic E-state index is 0.0487. The lowest BCUT2D eigenvalue weighted by Gasteiger charge is -2.09. The van der Waals surface area contributed by atoms with Gasteiger partial charge in [0.15, 0.2) is 0 Å². The average Bonchev–Trinajstić information content (AvgIpc) is 2.92. The van der Waals surface area contributed by atoms with E-state index in [1.165, 1.54) is 18.3 Å². The zero-order valence-electron chi connectivity index (χ0n) is 22.3. The van der Waals surface area contributed by atoms with Crippen LogP contribution in [-0.4, -0.2) is 38.1 Å². The monoisotopic (exact) mass is 583 g/mol. The summed E-state index contributed by atoms with van der Waals surface area (Å²) in [6.45, 7) is 4.70. The number of carbonyl (C=O) groups excluding carboxylic acids is 1. The molecule has 2 heterocycles. The Hall–Kier alpha value is -3.41. The van der Waals surface area contributed by atoms with Gasteiger partial charge in [0.05, 0.1) is 29.6 Å². The maximum atomic E-state index is 12.8. The fraction of sp³-hybridized carbons (Fsp3) is 0.464. The summed E-state index contributed by atoms with van der Waals surface area (Å²) in [6, 6.07) is 6.77. The number of unbranched alkanes of at least 4 members (excludes halogenated alkanes) is 5. The second-order valence-corrected chi connectivity index (χ2v) is 11.4. The van der Waals surface area contributed by atoms with Gasteiger partial charge in [0, 0.05) is 17.6 Å². The molecular formula is C28H32F3NO7S. The first kappa shape index (κ1) is 31.1. The first-order valence-electron chi connectivity index (χ1n) is 13.1. The van der Waals surface area contributed by atoms with Crippen LogP contribution in [0.2, 0.25) is 0 Å². The van der Waals surface area contributed by atoms with E-state index in [0.29, 0.717) is 18.6 Å². The Kier molecular flexibility index (Phi) is 10.7. The van der Waals surface area contributed by atoms with Crippen molar-refractivity contribution in [2.24, 2.45) is 5.92 Å². The van der Waals surface area contributed by atoms with Crippen LogP contribution in [0.5, 0.6) is 5.88 Å². The largest absolute Gasteiger partial charge is 0.501 e. The third kappa shape index (κ3) is 8.06. The first-order valence-corrected chi connectivity index (χ1v) is 14.6. The van der Waals surface area contributed by atoms with Crippen molar-refractivity contribution < 1.29 is 40.3 Å². The molecule has 40 heavy (non-hydrogen) atoms. The summed E-state index contributed by atoms with van der Waals surface area (Å²) >= 11 is 0. The van der Waals surface area contributed by atoms with Crippen LogP contribution >= 0.6 is 0 Å². The summed E-state index contributed by atoms with van der Waals surface area (Å²) in [5, 5.41) is 0.462. The molecule has 0 fully saturated rings. The Labute approximate surface area is 230 Å². The van der Waals surface area contributed by atoms with Crippen LogP contribution in [0.1, 0.15) is 58.8 Å². The predicted molar refractivity (Wildman–Crippen MR) is 143 cm³/mol. The van der Waals surface area contributed by atoms with Crippen molar-refractivity contribution in [3.05, 3.63) is 53.0 Å². The van der Waals surface area contributed by atoms with Crippen LogP contribution in [-0.2, 0) is 19.4 Å². The molecule has 0 saturated heterocycles. The quantitative estimate of drug-likeness (QED) is 0.157. The van der Waals surface area contributed by atoms with Crippen molar-refractivity contribution in [1.82, 2.24) is 4.98 Å². The minimum atomic E-state index is -5.49. The number of fused-ring (bicyclic) bond motifs is 1. The van der Waals surface area contributed by atoms with E-state index in [0.717, 1.165) is 69.2 Å². The highest BCUT2D eigenvalue weighted by Gasteiger charge is 2.46. The zero-order valence-corrected chi connectivity index (χ0v) is 23.1. The topological polar surface area (TPSA) is 113 Å². The van der Waals surface area contributed by atoms with Gasteiger partial charge >= 0.3 is 17.1 Å². The van der Waals surface area contributed by atoms with Gasteiger partial charge < -0.3 is 13.9 Å². The lowest BCUT2D eigenvalue weighted by atomic mass is 10.1. The Balaban J connectivity index is 1.47. The highest BCUT2D eigenvalue weighted by atomic mass is 32.2. The molecule has 0 amide bonds. The van der Waals surface area contributed by atoms with E-state index in [2.05, 4.69) is 4.98 Å². The molecule has 0 N–H and O–H groups in total. The van der Waals surface area contributed by atoms with E-state index >= 15 is 0 Å². The molecule has 0 radical (unpaired) electrons. The molecule has 0 aliphatic carbocycles. The number of nitrogens with zero attached hydrogens (tertiary/aromatic N) is 1. The summed E-state index contributed by atoms with van der Waals surface area (Å²) in [6.07, 6.45) is 7.88. The van der Waals surface area contributed by atoms with Crippen LogP contribution in [0.3, 0.4) is 0 Å². The fourth-order valence-corrected chi connectivity index (χ4v) is 4.55. The average molecular weight is 584 g/mol. The summed E-state index contributed by atoms with van der Waals surface area (Å²) < 4.78 is 77.7. The number of sulfone groups is 1. The fourth-order valence-electron chi connectivity index (χ4n) is 3.79. The second kappa shape index (κ2) is 13.8. The molecule has 0 aliphatic heterocycles. The van der Waals surface area contributed by atoms with Gasteiger partial charge in [-0.1, -0.05) is 51.7 Å². The van der Waals surface area contributed by atoms with Gasteiger partial charge in [-0.2, -0.15) is 13.2 Å². The van der Waals surface area contributed by atoms with Gasteiger partial charge in [-0.05, 0) is 43.0 Å². The minimum Gasteiger partial charge on any atom is -0.478 e. The molecule has 3 rings (SSSR count). The van der Waals surface area contributed by atoms with Crippen molar-refractivity contribution in [3.8, 4) is 17.0 Å². The van der Waals surface area contributed by atoms with E-state index in [1.807, 2.05) is 13.8 Å². The van der Waals surface area contributed by atoms with Crippen LogP contribution in [0.4, 0.5) is 13.2 Å². The second-order valence-electron chi connectivity index (χ2n) is 9.43. The summed E-state index contributed by atoms with van der Waals surface area (Å²) in [5.41, 5.74) is -5.69. The van der Waals surface area contributed by atoms with Crippen molar-refractivity contribution in [1.29, 1.82) is 0 Å². The summed E-state index contributed by atoms with van der Waals surface area (Å²) in [7, 11) is -5.49. The zero-order chi connectivity index (χ0) is 29.3. The van der Waals surface area contributed by atoms with E-state index in [9.17, 15) is 31.2 Å². The third-order valence-corrected chi connectivity index (χ3v) is 7.92. The number of halogens is 3. The van der Waals surface area contributed by atoms with Gasteiger partial charge in [0.25, 0.3) is 9.84 Å². The van der Waals surface area contributed by atoms with Crippen molar-refractivity contribution in [2.75, 3.05) is 13.2 Å². The van der Waals surface area contributed by atoms with Gasteiger partial charge in [0.1, 0.15) is 5.58 Å². The summed E-state index contributed by atoms with van der Waals surface area (Å²) in [5.74, 6) is 0.0860. The van der Waals surface area contributed by atoms with E-state index in [4.69, 9.17) is 13.9 Å². The van der Waals surface area contributed by atoms with Crippen LogP contribution in [0, 0.1) is 5.92 Å². The van der Waals surface area contributed by atoms with Crippen molar-refractivity contribution in [2.45, 2.75) is 69.2 Å². The lowest BCUT2D eigenvalue weighted by Crippen LogP contribution is -2.23. The molecule has 8 nitrogen and oxygen atoms in total. The van der Waals surface area contributed by atoms with E-state index < -0.39 is 25.9 Å². The molecule has 0 spiro atoms. The number of hydrogen-bond acceptors (Lipinski definition) is 8. The first-order chi connectivity index (χ1) is 18.9. The number of alkyl halides is 3. The van der Waals surface area contributed by atoms with Crippen molar-refractivity contribution >= 4 is 26.8 Å². The molecule has 2 aromatic heterocycles. The molecular weight excluding hydrogens is 551 g/mol. The third-order valence-electron chi connectivity index (χ3n) is 6.42. The summed E-state index contributed by atoms with van der Waals surface area (Å²) in [4.78, 5) is 27.5. The van der Waals surface area contributed by atoms with Gasteiger partial charge in [-0.3, -0.25) is 4.79 Å². The number of rotatable bonds is 14. The Morgan fingerprint density at radius 3 is 2.25 bits per heavy atom. The maximum Gasteiger partial charge on any atom is 0.501 e. The van der Waals surface area contributed by atoms with E-state index in [1.54, 1.807) is 0 Å². The van der Waals surface area contributed by atoms with Crippen molar-refractivity contribution in [3.63, 3.8) is 0 Å². The standard InChI is InChI=1S/C28H32F3NO7S/c1-3-19(2)26(33)38-15-9-7-5-4-6-8-14-37-25-17-24-21(18-32-25)16-23(27(34)39-24)20-10-12-22(13-11-20)40(35,36)28(29,30)31/h10-13,16-19H,3-9,14-15H2,1-2H3. The number of ether oxygens (including phenoxy) is 2. The van der Waals surface area contributed by atoms with Crippen LogP contribution in [0.15, 0.2) is 56.7 Å². The predicted octanol–water partition coefficient (Wildman–Crippen LogP) is 6.46. The molecule has 3 aromatic rings. The van der Waals surface area contributed by atoms with Crippen LogP contribution < -0.4 is 10.4 Å². The molecule has 0 aliphatic rings. The number of pyridine rings is 1. The van der Waals surface area contributed by atoms with Gasteiger partial charge in [-0.25, -0.2) is 18.2 Å². The normalized spacial score (nSPS) is 12.8. The van der Waals surface area contributed by atoms with Crippen LogP contribution in [0.25, 0.3) is 22.1 Å². The molecule has 12 heteroatoms. The molecule has 0 saturated carbocycles. The molecule has 1 atom stereocenters. The van der Waals surface area contributed by atoms with Gasteiger partial charge in [-0.15, -0.1) is 0 Å².